The van der Waals surface area contributed by atoms with Gasteiger partial charge in [0.2, 0.25) is 0 Å². The van der Waals surface area contributed by atoms with Gasteiger partial charge in [0.05, 0.1) is 11.2 Å². The molecule has 0 aliphatic rings. The summed E-state index contributed by atoms with van der Waals surface area (Å²) in [5.74, 6) is 0. The Hall–Kier alpha value is -2.19. The van der Waals surface area contributed by atoms with Crippen LogP contribution in [-0.4, -0.2) is 24.0 Å². The number of para-hydroxylation sites is 1. The summed E-state index contributed by atoms with van der Waals surface area (Å²) in [5, 5.41) is 1.21. The summed E-state index contributed by atoms with van der Waals surface area (Å²) in [5.41, 5.74) is 4.66. The zero-order valence-corrected chi connectivity index (χ0v) is 11.9. The molecule has 0 saturated heterocycles. The van der Waals surface area contributed by atoms with E-state index in [4.69, 9.17) is 4.98 Å². The molecule has 1 aromatic heterocycles. The summed E-state index contributed by atoms with van der Waals surface area (Å²) in [6.07, 6.45) is 0. The number of pyridine rings is 1. The molecule has 0 unspecified atom stereocenters. The van der Waals surface area contributed by atoms with E-state index in [2.05, 4.69) is 67.5 Å². The van der Waals surface area contributed by atoms with Crippen molar-refractivity contribution >= 4 is 10.9 Å². The monoisotopic (exact) mass is 262 g/mol. The summed E-state index contributed by atoms with van der Waals surface area (Å²) < 4.78 is 0. The second-order valence-corrected chi connectivity index (χ2v) is 5.28. The average Bonchev–Trinajstić information content (AvgIpc) is 2.47. The molecule has 0 atom stereocenters. The second kappa shape index (κ2) is 5.43. The lowest BCUT2D eigenvalue weighted by Gasteiger charge is -2.13. The van der Waals surface area contributed by atoms with E-state index >= 15 is 0 Å². The van der Waals surface area contributed by atoms with Crippen molar-refractivity contribution in [1.29, 1.82) is 0 Å². The van der Waals surface area contributed by atoms with Gasteiger partial charge >= 0.3 is 0 Å². The molecular formula is C18H18N2. The molecule has 3 rings (SSSR count). The van der Waals surface area contributed by atoms with E-state index in [-0.39, 0.29) is 0 Å². The lowest BCUT2D eigenvalue weighted by molar-refractivity contribution is 0.397. The van der Waals surface area contributed by atoms with Crippen LogP contribution in [0.25, 0.3) is 22.0 Å². The third-order valence-corrected chi connectivity index (χ3v) is 3.33. The quantitative estimate of drug-likeness (QED) is 0.710. The number of hydrogen-bond donors (Lipinski definition) is 0. The maximum Gasteiger partial charge on any atom is 0.0712 e. The Labute approximate surface area is 119 Å². The smallest absolute Gasteiger partial charge is 0.0712 e. The van der Waals surface area contributed by atoms with Gasteiger partial charge in [0.1, 0.15) is 0 Å². The molecule has 2 aromatic carbocycles. The minimum Gasteiger partial charge on any atom is -0.304 e. The Bertz CT molecular complexity index is 718. The topological polar surface area (TPSA) is 16.1 Å². The van der Waals surface area contributed by atoms with Crippen LogP contribution in [0.2, 0.25) is 0 Å². The number of aromatic nitrogens is 1. The maximum absolute atomic E-state index is 4.76. The third-order valence-electron chi connectivity index (χ3n) is 3.33. The molecular weight excluding hydrogens is 244 g/mol. The fourth-order valence-corrected chi connectivity index (χ4v) is 2.49. The van der Waals surface area contributed by atoms with Crippen molar-refractivity contribution in [1.82, 2.24) is 9.88 Å². The van der Waals surface area contributed by atoms with Crippen molar-refractivity contribution in [2.24, 2.45) is 0 Å². The van der Waals surface area contributed by atoms with Gasteiger partial charge in [-0.05, 0) is 37.4 Å². The molecule has 0 saturated carbocycles. The second-order valence-electron chi connectivity index (χ2n) is 5.28. The van der Waals surface area contributed by atoms with E-state index in [1.807, 2.05) is 12.1 Å². The van der Waals surface area contributed by atoms with Crippen molar-refractivity contribution in [3.63, 3.8) is 0 Å². The van der Waals surface area contributed by atoms with E-state index in [1.165, 1.54) is 16.5 Å². The SMILES string of the molecule is CN(C)Cc1cc(-c2ccccc2)c2ccccc2n1. The van der Waals surface area contributed by atoms with Gasteiger partial charge in [-0.15, -0.1) is 0 Å². The van der Waals surface area contributed by atoms with Gasteiger partial charge < -0.3 is 4.90 Å². The molecule has 0 spiro atoms. The molecule has 3 aromatic rings. The van der Waals surface area contributed by atoms with Crippen molar-refractivity contribution in [2.75, 3.05) is 14.1 Å². The van der Waals surface area contributed by atoms with Crippen LogP contribution in [0.5, 0.6) is 0 Å². The first-order chi connectivity index (χ1) is 9.74. The molecule has 0 radical (unpaired) electrons. The van der Waals surface area contributed by atoms with E-state index in [0.29, 0.717) is 0 Å². The predicted octanol–water partition coefficient (Wildman–Crippen LogP) is 3.96. The molecule has 0 fully saturated rings. The normalized spacial score (nSPS) is 11.2. The Balaban J connectivity index is 2.23. The molecule has 0 N–H and O–H groups in total. The summed E-state index contributed by atoms with van der Waals surface area (Å²) >= 11 is 0. The lowest BCUT2D eigenvalue weighted by atomic mass is 10.00. The number of nitrogens with zero attached hydrogens (tertiary/aromatic N) is 2. The van der Waals surface area contributed by atoms with Crippen LogP contribution < -0.4 is 0 Å². The van der Waals surface area contributed by atoms with Gasteiger partial charge in [0.15, 0.2) is 0 Å². The highest BCUT2D eigenvalue weighted by atomic mass is 15.1. The molecule has 2 heteroatoms. The Morgan fingerprint density at radius 1 is 0.900 bits per heavy atom. The van der Waals surface area contributed by atoms with Gasteiger partial charge in [-0.3, -0.25) is 4.98 Å². The fraction of sp³-hybridized carbons (Fsp3) is 0.167. The van der Waals surface area contributed by atoms with Crippen molar-refractivity contribution < 1.29 is 0 Å². The van der Waals surface area contributed by atoms with E-state index in [9.17, 15) is 0 Å². The standard InChI is InChI=1S/C18H18N2/c1-20(2)13-15-12-17(14-8-4-3-5-9-14)16-10-6-7-11-18(16)19-15/h3-12H,13H2,1-2H3. The van der Waals surface area contributed by atoms with Gasteiger partial charge in [-0.25, -0.2) is 0 Å². The van der Waals surface area contributed by atoms with Crippen LogP contribution in [0.4, 0.5) is 0 Å². The Kier molecular flexibility index (Phi) is 3.48. The number of rotatable bonds is 3. The van der Waals surface area contributed by atoms with Crippen LogP contribution in [-0.2, 0) is 6.54 Å². The van der Waals surface area contributed by atoms with E-state index in [1.54, 1.807) is 0 Å². The van der Waals surface area contributed by atoms with E-state index < -0.39 is 0 Å². The minimum atomic E-state index is 0.852. The van der Waals surface area contributed by atoms with Gasteiger partial charge in [0.25, 0.3) is 0 Å². The summed E-state index contributed by atoms with van der Waals surface area (Å²) in [6, 6.07) is 21.1. The van der Waals surface area contributed by atoms with Gasteiger partial charge in [-0.1, -0.05) is 48.5 Å². The van der Waals surface area contributed by atoms with Crippen molar-refractivity contribution in [3.8, 4) is 11.1 Å². The summed E-state index contributed by atoms with van der Waals surface area (Å²) in [6.45, 7) is 0.852. The van der Waals surface area contributed by atoms with Crippen molar-refractivity contribution in [2.45, 2.75) is 6.54 Å². The van der Waals surface area contributed by atoms with Crippen LogP contribution >= 0.6 is 0 Å². The highest BCUT2D eigenvalue weighted by Gasteiger charge is 2.07. The molecule has 0 amide bonds. The number of fused-ring (bicyclic) bond motifs is 1. The van der Waals surface area contributed by atoms with Gasteiger partial charge in [-0.2, -0.15) is 0 Å². The first-order valence-electron chi connectivity index (χ1n) is 6.83. The molecule has 0 bridgehead atoms. The Morgan fingerprint density at radius 3 is 2.35 bits per heavy atom. The van der Waals surface area contributed by atoms with Crippen LogP contribution in [0, 0.1) is 0 Å². The highest BCUT2D eigenvalue weighted by molar-refractivity contribution is 5.94. The molecule has 1 heterocycles. The molecule has 0 aliphatic carbocycles. The number of benzene rings is 2. The highest BCUT2D eigenvalue weighted by Crippen LogP contribution is 2.28. The predicted molar refractivity (Wildman–Crippen MR) is 84.6 cm³/mol. The molecule has 0 aliphatic heterocycles. The third kappa shape index (κ3) is 2.56. The average molecular weight is 262 g/mol. The lowest BCUT2D eigenvalue weighted by Crippen LogP contribution is -2.12. The van der Waals surface area contributed by atoms with Gasteiger partial charge in [0, 0.05) is 11.9 Å². The first-order valence-corrected chi connectivity index (χ1v) is 6.83. The minimum absolute atomic E-state index is 0.852. The van der Waals surface area contributed by atoms with Crippen LogP contribution in [0.15, 0.2) is 60.7 Å². The molecule has 20 heavy (non-hydrogen) atoms. The zero-order valence-electron chi connectivity index (χ0n) is 11.9. The fourth-order valence-electron chi connectivity index (χ4n) is 2.49. The summed E-state index contributed by atoms with van der Waals surface area (Å²) in [7, 11) is 4.14. The Morgan fingerprint density at radius 2 is 1.60 bits per heavy atom. The zero-order chi connectivity index (χ0) is 13.9. The first kappa shape index (κ1) is 12.8. The van der Waals surface area contributed by atoms with Crippen LogP contribution in [0.1, 0.15) is 5.69 Å². The van der Waals surface area contributed by atoms with Crippen LogP contribution in [0.3, 0.4) is 0 Å². The summed E-state index contributed by atoms with van der Waals surface area (Å²) in [4.78, 5) is 6.90. The molecule has 2 nitrogen and oxygen atoms in total. The number of hydrogen-bond acceptors (Lipinski definition) is 2. The van der Waals surface area contributed by atoms with E-state index in [0.717, 1.165) is 17.8 Å². The van der Waals surface area contributed by atoms with Crippen molar-refractivity contribution in [3.05, 3.63) is 66.4 Å². The molecule has 100 valence electrons. The maximum atomic E-state index is 4.76. The largest absolute Gasteiger partial charge is 0.304 e.